The molecule has 0 aromatic carbocycles. The standard InChI is InChI=1S/C12H15BN7O4/c14-11(22)6-18(13-7-21)2-8-3-19(16-15-8)9-1-10-5-17(4-9)12(23)20(10)24/h1,3,7,10,24H,2,4-6H2,(H2,14,22). The molecule has 1 radical (unpaired) electrons. The molecule has 12 heteroatoms. The second kappa shape index (κ2) is 6.41. The molecule has 1 unspecified atom stereocenters. The topological polar surface area (TPSA) is 138 Å². The molecule has 3 rings (SSSR count). The molecule has 2 aliphatic heterocycles. The van der Waals surface area contributed by atoms with Gasteiger partial charge in [-0.15, -0.1) is 5.10 Å². The predicted octanol–water partition coefficient (Wildman–Crippen LogP) is -2.28. The van der Waals surface area contributed by atoms with E-state index in [4.69, 9.17) is 5.73 Å². The van der Waals surface area contributed by atoms with Crippen LogP contribution in [0.1, 0.15) is 5.69 Å². The summed E-state index contributed by atoms with van der Waals surface area (Å²) in [6.07, 6.45) is 3.94. The van der Waals surface area contributed by atoms with Gasteiger partial charge < -0.3 is 20.2 Å². The average Bonchev–Trinajstić information content (AvgIpc) is 3.07. The number of nitrogens with zero attached hydrogens (tertiary/aromatic N) is 6. The number of fused-ring (bicyclic) bond motifs is 2. The van der Waals surface area contributed by atoms with Crippen LogP contribution < -0.4 is 5.73 Å². The largest absolute Gasteiger partial charge is 0.369 e. The Balaban J connectivity index is 1.72. The molecular formula is C12H15BN7O4. The van der Waals surface area contributed by atoms with Crippen LogP contribution in [0.25, 0.3) is 5.70 Å². The molecule has 3 N–H and O–H groups in total. The lowest BCUT2D eigenvalue weighted by atomic mass is 9.94. The third-order valence-corrected chi connectivity index (χ3v) is 3.76. The molecule has 1 aromatic rings. The number of nitrogens with two attached hydrogens (primary N) is 1. The molecule has 0 saturated carbocycles. The number of hydrogen-bond acceptors (Lipinski definition) is 7. The Morgan fingerprint density at radius 1 is 1.58 bits per heavy atom. The van der Waals surface area contributed by atoms with Gasteiger partial charge in [0, 0.05) is 13.1 Å². The molecule has 3 amide bonds. The Morgan fingerprint density at radius 3 is 3.04 bits per heavy atom. The first-order chi connectivity index (χ1) is 11.5. The molecule has 1 aromatic heterocycles. The van der Waals surface area contributed by atoms with E-state index in [2.05, 4.69) is 10.3 Å². The van der Waals surface area contributed by atoms with Gasteiger partial charge in [0.1, 0.15) is 0 Å². The molecule has 3 heterocycles. The van der Waals surface area contributed by atoms with E-state index in [1.807, 2.05) is 0 Å². The third kappa shape index (κ3) is 3.14. The summed E-state index contributed by atoms with van der Waals surface area (Å²) in [7, 11) is 1.21. The van der Waals surface area contributed by atoms with Gasteiger partial charge >= 0.3 is 6.03 Å². The fraction of sp³-hybridized carbons (Fsp3) is 0.417. The highest BCUT2D eigenvalue weighted by Gasteiger charge is 2.39. The van der Waals surface area contributed by atoms with Crippen LogP contribution in [0.3, 0.4) is 0 Å². The van der Waals surface area contributed by atoms with E-state index in [-0.39, 0.29) is 13.1 Å². The van der Waals surface area contributed by atoms with Crippen molar-refractivity contribution in [3.63, 3.8) is 0 Å². The Morgan fingerprint density at radius 2 is 2.38 bits per heavy atom. The minimum Gasteiger partial charge on any atom is -0.369 e. The highest BCUT2D eigenvalue weighted by molar-refractivity contribution is 6.64. The molecule has 0 aliphatic carbocycles. The van der Waals surface area contributed by atoms with Crippen molar-refractivity contribution in [1.82, 2.24) is 29.8 Å². The van der Waals surface area contributed by atoms with Crippen LogP contribution in [0, 0.1) is 0 Å². The molecule has 11 nitrogen and oxygen atoms in total. The fourth-order valence-corrected chi connectivity index (χ4v) is 2.71. The van der Waals surface area contributed by atoms with E-state index in [1.165, 1.54) is 21.8 Å². The van der Waals surface area contributed by atoms with Crippen LogP contribution >= 0.6 is 0 Å². The van der Waals surface area contributed by atoms with E-state index in [9.17, 15) is 19.6 Å². The van der Waals surface area contributed by atoms with E-state index in [1.54, 1.807) is 12.3 Å². The summed E-state index contributed by atoms with van der Waals surface area (Å²) < 4.78 is 1.50. The first kappa shape index (κ1) is 16.1. The number of amides is 3. The molecule has 1 atom stereocenters. The van der Waals surface area contributed by atoms with Gasteiger partial charge in [-0.3, -0.25) is 10.0 Å². The zero-order chi connectivity index (χ0) is 17.3. The normalized spacial score (nSPS) is 19.7. The zero-order valence-electron chi connectivity index (χ0n) is 12.6. The second-order valence-corrected chi connectivity index (χ2v) is 5.54. The molecule has 1 fully saturated rings. The number of aromatic nitrogens is 3. The van der Waals surface area contributed by atoms with Gasteiger partial charge in [0.25, 0.3) is 7.41 Å². The molecule has 2 bridgehead atoms. The van der Waals surface area contributed by atoms with Crippen molar-refractivity contribution in [1.29, 1.82) is 0 Å². The second-order valence-electron chi connectivity index (χ2n) is 5.54. The van der Waals surface area contributed by atoms with Crippen molar-refractivity contribution in [2.45, 2.75) is 12.6 Å². The molecule has 24 heavy (non-hydrogen) atoms. The SMILES string of the molecule is NC(=O)CN([B]C=O)Cc1cn(C2=CC3CN(C2)C(=O)N3O)nn1. The predicted molar refractivity (Wildman–Crippen MR) is 80.8 cm³/mol. The van der Waals surface area contributed by atoms with E-state index in [0.717, 1.165) is 0 Å². The van der Waals surface area contributed by atoms with Crippen LogP contribution in [0.15, 0.2) is 12.3 Å². The number of primary amides is 1. The quantitative estimate of drug-likeness (QED) is 0.326. The minimum atomic E-state index is -0.568. The number of urea groups is 1. The van der Waals surface area contributed by atoms with E-state index in [0.29, 0.717) is 35.7 Å². The summed E-state index contributed by atoms with van der Waals surface area (Å²) in [6.45, 7) is 0.813. The van der Waals surface area contributed by atoms with Crippen molar-refractivity contribution >= 4 is 31.2 Å². The molecule has 0 spiro atoms. The highest BCUT2D eigenvalue weighted by Crippen LogP contribution is 2.24. The number of carbonyl (C=O) groups is 3. The van der Waals surface area contributed by atoms with Crippen LogP contribution in [0.5, 0.6) is 0 Å². The summed E-state index contributed by atoms with van der Waals surface area (Å²) in [5, 5.41) is 18.3. The van der Waals surface area contributed by atoms with Gasteiger partial charge in [-0.2, -0.15) is 5.06 Å². The van der Waals surface area contributed by atoms with Crippen molar-refractivity contribution in [2.24, 2.45) is 5.73 Å². The van der Waals surface area contributed by atoms with Crippen LogP contribution in [-0.2, 0) is 16.1 Å². The summed E-state index contributed by atoms with van der Waals surface area (Å²) in [4.78, 5) is 36.3. The minimum absolute atomic E-state index is 0.113. The Hall–Kier alpha value is -2.73. The summed E-state index contributed by atoms with van der Waals surface area (Å²) in [6, 6.07) is -0.858. The number of hydrogen-bond donors (Lipinski definition) is 2. The van der Waals surface area contributed by atoms with Crippen LogP contribution in [0.4, 0.5) is 4.79 Å². The van der Waals surface area contributed by atoms with Crippen molar-refractivity contribution in [3.8, 4) is 0 Å². The lowest BCUT2D eigenvalue weighted by Gasteiger charge is -2.20. The van der Waals surface area contributed by atoms with E-state index >= 15 is 0 Å². The van der Waals surface area contributed by atoms with Gasteiger partial charge in [-0.1, -0.05) is 5.21 Å². The van der Waals surface area contributed by atoms with Crippen LogP contribution in [-0.4, -0.2) is 86.2 Å². The molecule has 2 aliphatic rings. The van der Waals surface area contributed by atoms with Gasteiger partial charge in [0.15, 0.2) is 0 Å². The van der Waals surface area contributed by atoms with Crippen molar-refractivity contribution in [3.05, 3.63) is 18.0 Å². The highest BCUT2D eigenvalue weighted by atomic mass is 16.5. The number of rotatable bonds is 7. The smallest absolute Gasteiger partial charge is 0.344 e. The number of carbonyl (C=O) groups excluding carboxylic acids is 3. The third-order valence-electron chi connectivity index (χ3n) is 3.76. The summed E-state index contributed by atoms with van der Waals surface area (Å²) >= 11 is 0. The van der Waals surface area contributed by atoms with Gasteiger partial charge in [0.2, 0.25) is 5.91 Å². The summed E-state index contributed by atoms with van der Waals surface area (Å²) in [5.74, 6) is -0.568. The summed E-state index contributed by atoms with van der Waals surface area (Å²) in [5.41, 5.74) is 6.36. The molecular weight excluding hydrogens is 317 g/mol. The Kier molecular flexibility index (Phi) is 4.31. The molecule has 1 saturated heterocycles. The lowest BCUT2D eigenvalue weighted by molar-refractivity contribution is -0.118. The van der Waals surface area contributed by atoms with Gasteiger partial charge in [-0.25, -0.2) is 9.48 Å². The van der Waals surface area contributed by atoms with Gasteiger partial charge in [-0.05, 0) is 6.08 Å². The van der Waals surface area contributed by atoms with Crippen molar-refractivity contribution < 1.29 is 19.6 Å². The first-order valence-corrected chi connectivity index (χ1v) is 7.18. The first-order valence-electron chi connectivity index (χ1n) is 7.18. The zero-order valence-corrected chi connectivity index (χ0v) is 12.6. The van der Waals surface area contributed by atoms with Crippen LogP contribution in [0.2, 0.25) is 0 Å². The maximum Gasteiger partial charge on any atom is 0.344 e. The van der Waals surface area contributed by atoms with Crippen molar-refractivity contribution in [2.75, 3.05) is 19.6 Å². The monoisotopic (exact) mass is 332 g/mol. The lowest BCUT2D eigenvalue weighted by Crippen LogP contribution is -2.36. The average molecular weight is 332 g/mol. The Bertz CT molecular complexity index is 705. The maximum atomic E-state index is 11.7. The Labute approximate surface area is 137 Å². The van der Waals surface area contributed by atoms with Gasteiger partial charge in [0.05, 0.1) is 42.9 Å². The van der Waals surface area contributed by atoms with E-state index < -0.39 is 18.0 Å². The fourth-order valence-electron chi connectivity index (χ4n) is 2.71. The maximum absolute atomic E-state index is 11.7. The number of hydroxylamine groups is 2. The molecule has 125 valence electrons.